The van der Waals surface area contributed by atoms with Crippen molar-refractivity contribution in [1.82, 2.24) is 19.6 Å². The van der Waals surface area contributed by atoms with Gasteiger partial charge in [0.25, 0.3) is 0 Å². The van der Waals surface area contributed by atoms with Crippen molar-refractivity contribution in [3.05, 3.63) is 297 Å². The summed E-state index contributed by atoms with van der Waals surface area (Å²) in [6, 6.07) is 80.6. The van der Waals surface area contributed by atoms with Crippen molar-refractivity contribution in [1.29, 1.82) is 0 Å². The zero-order valence-electron chi connectivity index (χ0n) is 63.7. The topological polar surface area (TPSA) is 176 Å². The number of likely N-dealkylation sites (tertiary alicyclic amines) is 2. The lowest BCUT2D eigenvalue weighted by atomic mass is 9.86. The number of nitrogens with zero attached hydrogens (tertiary/aromatic N) is 4. The number of hydrogen-bond acceptors (Lipinski definition) is 12. The Morgan fingerprint density at radius 1 is 0.468 bits per heavy atom. The molecule has 0 aromatic heterocycles. The maximum absolute atomic E-state index is 12.3. The molecule has 109 heavy (non-hydrogen) atoms. The number of carboxylic acids is 1. The highest BCUT2D eigenvalue weighted by atomic mass is 79.9. The summed E-state index contributed by atoms with van der Waals surface area (Å²) in [5.41, 5.74) is 17.3. The van der Waals surface area contributed by atoms with E-state index in [9.17, 15) is 35.1 Å². The van der Waals surface area contributed by atoms with Crippen molar-refractivity contribution in [3.8, 4) is 23.0 Å². The Labute approximate surface area is 653 Å². The van der Waals surface area contributed by atoms with Crippen LogP contribution < -0.4 is 9.47 Å². The van der Waals surface area contributed by atoms with E-state index in [2.05, 4.69) is 159 Å². The van der Waals surface area contributed by atoms with E-state index in [4.69, 9.17) is 14.2 Å². The Kier molecular flexibility index (Phi) is 29.7. The first kappa shape index (κ1) is 80.4. The van der Waals surface area contributed by atoms with Gasteiger partial charge in [0.15, 0.2) is 0 Å². The summed E-state index contributed by atoms with van der Waals surface area (Å²) in [5, 5.41) is 48.4. The van der Waals surface area contributed by atoms with Crippen LogP contribution in [0.4, 0.5) is 4.79 Å². The van der Waals surface area contributed by atoms with Gasteiger partial charge < -0.3 is 49.5 Å². The van der Waals surface area contributed by atoms with E-state index in [1.54, 1.807) is 29.2 Å². The van der Waals surface area contributed by atoms with E-state index in [1.165, 1.54) is 67.5 Å². The summed E-state index contributed by atoms with van der Waals surface area (Å²) in [7, 11) is 2.21. The van der Waals surface area contributed by atoms with Crippen molar-refractivity contribution < 1.29 is 49.3 Å². The molecular formula is C94H107BrN4O10. The number of aliphatic hydroxyl groups excluding tert-OH is 2. The average Bonchev–Trinajstić information content (AvgIpc) is 1.30. The van der Waals surface area contributed by atoms with E-state index in [1.807, 2.05) is 112 Å². The number of rotatable bonds is 28. The van der Waals surface area contributed by atoms with Crippen molar-refractivity contribution in [2.24, 2.45) is 0 Å². The highest BCUT2D eigenvalue weighted by molar-refractivity contribution is 9.10. The number of aliphatic carboxylic acids is 1. The lowest BCUT2D eigenvalue weighted by Gasteiger charge is -2.35. The fraction of sp³-hybridized carbons (Fsp3) is 0.340. The van der Waals surface area contributed by atoms with Crippen LogP contribution >= 0.6 is 15.9 Å². The summed E-state index contributed by atoms with van der Waals surface area (Å²) in [6.07, 6.45) is 10.7. The third-order valence-corrected chi connectivity index (χ3v) is 21.3. The van der Waals surface area contributed by atoms with Crippen LogP contribution in [-0.4, -0.2) is 161 Å². The summed E-state index contributed by atoms with van der Waals surface area (Å²) in [6.45, 7) is 14.4. The number of phenols is 2. The molecule has 1 aliphatic carbocycles. The van der Waals surface area contributed by atoms with Gasteiger partial charge in [0.2, 0.25) is 0 Å². The molecule has 4 fully saturated rings. The molecule has 2 atom stereocenters. The van der Waals surface area contributed by atoms with E-state index in [0.29, 0.717) is 44.5 Å². The minimum atomic E-state index is -0.810. The summed E-state index contributed by atoms with van der Waals surface area (Å²) >= 11 is 3.57. The SMILES string of the molecule is CC(C)(C)OC(=O)N1CCN(CCOc2ccc(/C(=C(/CCCO)c3ccccc3)c3ccc(O)cc3)cc2)CC1.CN1CCCC1CCOc1ccc(/C(=C(/CCCO)c2ccccc2)c2ccc(Br)cc2)cc1.O=C(O)CC/C(=C(\c1ccc(O)cc1)c1ccc(C2CCN(C3CC3)C2)cc1)c1ccccc1. The Bertz CT molecular complexity index is 4400. The normalized spacial score (nSPS) is 16.9. The van der Waals surface area contributed by atoms with Crippen LogP contribution in [0, 0.1) is 0 Å². The molecule has 0 spiro atoms. The molecule has 0 radical (unpaired) electrons. The van der Waals surface area contributed by atoms with Gasteiger partial charge in [-0.3, -0.25) is 14.6 Å². The second-order valence-electron chi connectivity index (χ2n) is 29.8. The average molecular weight is 1530 g/mol. The number of allylic oxidation sites excluding steroid dienone is 3. The third kappa shape index (κ3) is 23.7. The van der Waals surface area contributed by atoms with Crippen molar-refractivity contribution >= 4 is 61.4 Å². The van der Waals surface area contributed by atoms with Crippen LogP contribution in [0.3, 0.4) is 0 Å². The molecule has 3 heterocycles. The molecule has 14 nitrogen and oxygen atoms in total. The number of carboxylic acid groups (broad SMARTS) is 1. The number of piperazine rings is 1. The summed E-state index contributed by atoms with van der Waals surface area (Å²) in [5.74, 6) is 1.91. The number of amides is 1. The largest absolute Gasteiger partial charge is 0.508 e. The first-order valence-corrected chi connectivity index (χ1v) is 39.6. The molecule has 1 amide bonds. The molecule has 5 N–H and O–H groups in total. The lowest BCUT2D eigenvalue weighted by Crippen LogP contribution is -2.50. The first-order valence-electron chi connectivity index (χ1n) is 38.8. The fourth-order valence-corrected chi connectivity index (χ4v) is 15.2. The molecule has 4 aliphatic rings. The minimum absolute atomic E-state index is 0.0585. The van der Waals surface area contributed by atoms with Crippen LogP contribution in [-0.2, 0) is 9.53 Å². The second kappa shape index (κ2) is 40.2. The number of phenolic OH excluding ortho intramolecular Hbond substituents is 2. The number of halogens is 1. The molecule has 2 unspecified atom stereocenters. The number of aliphatic hydroxyl groups is 2. The molecule has 3 saturated heterocycles. The summed E-state index contributed by atoms with van der Waals surface area (Å²) in [4.78, 5) is 32.9. The van der Waals surface area contributed by atoms with Gasteiger partial charge in [-0.1, -0.05) is 192 Å². The van der Waals surface area contributed by atoms with Crippen LogP contribution in [0.15, 0.2) is 241 Å². The Balaban J connectivity index is 0.000000163. The van der Waals surface area contributed by atoms with Crippen molar-refractivity contribution in [3.63, 3.8) is 0 Å². The van der Waals surface area contributed by atoms with Gasteiger partial charge in [-0.15, -0.1) is 0 Å². The summed E-state index contributed by atoms with van der Waals surface area (Å²) < 4.78 is 18.7. The molecule has 9 aromatic rings. The van der Waals surface area contributed by atoms with E-state index >= 15 is 0 Å². The minimum Gasteiger partial charge on any atom is -0.508 e. The van der Waals surface area contributed by atoms with E-state index in [-0.39, 0.29) is 37.2 Å². The first-order chi connectivity index (χ1) is 53.0. The molecule has 13 rings (SSSR count). The third-order valence-electron chi connectivity index (χ3n) is 20.8. The number of ether oxygens (including phenoxy) is 3. The lowest BCUT2D eigenvalue weighted by molar-refractivity contribution is -0.136. The smallest absolute Gasteiger partial charge is 0.410 e. The van der Waals surface area contributed by atoms with Gasteiger partial charge in [0, 0.05) is 75.5 Å². The quantitative estimate of drug-likeness (QED) is 0.0293. The highest BCUT2D eigenvalue weighted by Gasteiger charge is 2.35. The molecule has 15 heteroatoms. The van der Waals surface area contributed by atoms with Crippen LogP contribution in [0.2, 0.25) is 0 Å². The van der Waals surface area contributed by atoms with Crippen LogP contribution in [0.5, 0.6) is 23.0 Å². The maximum Gasteiger partial charge on any atom is 0.410 e. The number of aromatic hydroxyl groups is 2. The molecular weight excluding hydrogens is 1420 g/mol. The molecule has 1 saturated carbocycles. The number of benzene rings is 9. The number of hydrogen-bond donors (Lipinski definition) is 5. The van der Waals surface area contributed by atoms with Gasteiger partial charge in [-0.25, -0.2) is 4.79 Å². The highest BCUT2D eigenvalue weighted by Crippen LogP contribution is 2.42. The molecule has 3 aliphatic heterocycles. The van der Waals surface area contributed by atoms with Crippen LogP contribution in [0.25, 0.3) is 33.4 Å². The van der Waals surface area contributed by atoms with Gasteiger partial charge in [-0.2, -0.15) is 0 Å². The Hall–Kier alpha value is -9.58. The van der Waals surface area contributed by atoms with Crippen LogP contribution in [0.1, 0.15) is 159 Å². The molecule has 9 aromatic carbocycles. The Morgan fingerprint density at radius 3 is 1.30 bits per heavy atom. The van der Waals surface area contributed by atoms with Gasteiger partial charge in [-0.05, 0) is 267 Å². The van der Waals surface area contributed by atoms with Gasteiger partial charge in [0.1, 0.15) is 35.2 Å². The number of carbonyl (C=O) groups excluding carboxylic acids is 1. The van der Waals surface area contributed by atoms with E-state index < -0.39 is 11.6 Å². The van der Waals surface area contributed by atoms with Gasteiger partial charge >= 0.3 is 12.1 Å². The predicted molar refractivity (Wildman–Crippen MR) is 444 cm³/mol. The predicted octanol–water partition coefficient (Wildman–Crippen LogP) is 19.3. The van der Waals surface area contributed by atoms with Crippen molar-refractivity contribution in [2.45, 2.75) is 121 Å². The zero-order valence-corrected chi connectivity index (χ0v) is 65.2. The molecule has 0 bridgehead atoms. The van der Waals surface area contributed by atoms with Gasteiger partial charge in [0.05, 0.1) is 6.61 Å². The second-order valence-corrected chi connectivity index (χ2v) is 30.7. The van der Waals surface area contributed by atoms with E-state index in [0.717, 1.165) is 147 Å². The molecule has 570 valence electrons. The number of carbonyl (C=O) groups is 2. The zero-order chi connectivity index (χ0) is 76.5. The van der Waals surface area contributed by atoms with Crippen molar-refractivity contribution in [2.75, 3.05) is 85.8 Å². The standard InChI is InChI=1S/C34H42N2O5.C30H34BrNO2.C30H31NO3/c1-34(2,3)41-33(39)36-21-19-35(20-22-36)23-25-40-30-17-13-28(14-18-30)32(27-11-15-29(38)16-12-27)31(10-7-24-37)26-8-5-4-6-9-26;1-32-20-5-9-27(32)19-22-34-28-17-13-25(14-18-28)30(24-11-15-26(31)16-12-24)29(10-6-21-33)23-7-3-2-4-8-23;32-27-14-10-24(11-15-27)30(28(16-17-29(33)34)22-4-2-1-3-5-22)23-8-6-21(7-9-23)25-18-19-31(20-25)26-12-13-26/h4-6,8-9,11-18,37-38H,7,10,19-25H2,1-3H3;2-4,7-8,11-18,27,33H,5-6,9-10,19-22H2,1H3;1-11,14-15,25-26,32H,12-13,16-20H2,(H,33,34)/b32-31-;30-29-;30-28+. The Morgan fingerprint density at radius 2 is 0.890 bits per heavy atom. The monoisotopic (exact) mass is 1530 g/mol. The fourth-order valence-electron chi connectivity index (χ4n) is 14.9. The maximum atomic E-state index is 12.3.